The van der Waals surface area contributed by atoms with Gasteiger partial charge in [-0.25, -0.2) is 4.98 Å². The van der Waals surface area contributed by atoms with E-state index in [1.54, 1.807) is 6.20 Å². The number of rotatable bonds is 11. The third-order valence-electron chi connectivity index (χ3n) is 2.98. The summed E-state index contributed by atoms with van der Waals surface area (Å²) in [5, 5.41) is 3.16. The number of halogens is 1. The predicted molar refractivity (Wildman–Crippen MR) is 87.4 cm³/mol. The van der Waals surface area contributed by atoms with Crippen molar-refractivity contribution in [2.75, 3.05) is 18.5 Å². The van der Waals surface area contributed by atoms with Gasteiger partial charge >= 0.3 is 0 Å². The normalized spacial score (nSPS) is 10.6. The highest BCUT2D eigenvalue weighted by Gasteiger charge is 2.05. The number of hydrogen-bond donors (Lipinski definition) is 1. The molecule has 0 aliphatic heterocycles. The average Bonchev–Trinajstić information content (AvgIpc) is 2.46. The van der Waals surface area contributed by atoms with Gasteiger partial charge in [0.15, 0.2) is 0 Å². The topological polar surface area (TPSA) is 47.0 Å². The highest BCUT2D eigenvalue weighted by atomic mass is 79.9. The van der Waals surface area contributed by atoms with Crippen molar-refractivity contribution in [1.29, 1.82) is 0 Å². The Labute approximate surface area is 130 Å². The van der Waals surface area contributed by atoms with Crippen molar-refractivity contribution in [3.05, 3.63) is 10.7 Å². The fraction of sp³-hybridized carbons (Fsp3) is 0.733. The zero-order valence-electron chi connectivity index (χ0n) is 12.6. The second-order valence-corrected chi connectivity index (χ2v) is 5.74. The zero-order chi connectivity index (χ0) is 14.6. The second-order valence-electron chi connectivity index (χ2n) is 4.89. The number of aromatic nitrogens is 2. The minimum atomic E-state index is 0.632. The van der Waals surface area contributed by atoms with Crippen LogP contribution in [0.15, 0.2) is 10.7 Å². The van der Waals surface area contributed by atoms with Crippen LogP contribution >= 0.6 is 15.9 Å². The van der Waals surface area contributed by atoms with Crippen LogP contribution in [-0.4, -0.2) is 23.1 Å². The molecule has 1 N–H and O–H groups in total. The molecule has 0 amide bonds. The van der Waals surface area contributed by atoms with Crippen LogP contribution in [0.2, 0.25) is 0 Å². The third-order valence-corrected chi connectivity index (χ3v) is 3.53. The van der Waals surface area contributed by atoms with Gasteiger partial charge in [0.25, 0.3) is 0 Å². The average molecular weight is 344 g/mol. The van der Waals surface area contributed by atoms with Crippen molar-refractivity contribution >= 4 is 21.9 Å². The first kappa shape index (κ1) is 17.2. The number of unbranched alkanes of at least 4 members (excludes halogenated alkanes) is 5. The van der Waals surface area contributed by atoms with Gasteiger partial charge in [-0.1, -0.05) is 46.0 Å². The molecule has 4 nitrogen and oxygen atoms in total. The fourth-order valence-corrected chi connectivity index (χ4v) is 2.13. The fourth-order valence-electron chi connectivity index (χ4n) is 1.83. The minimum absolute atomic E-state index is 0.632. The van der Waals surface area contributed by atoms with Gasteiger partial charge in [-0.05, 0) is 28.8 Å². The smallest absolute Gasteiger partial charge is 0.232 e. The molecule has 0 aliphatic carbocycles. The molecule has 0 saturated carbocycles. The van der Waals surface area contributed by atoms with Crippen molar-refractivity contribution in [2.45, 2.75) is 58.8 Å². The highest BCUT2D eigenvalue weighted by molar-refractivity contribution is 9.10. The summed E-state index contributed by atoms with van der Waals surface area (Å²) < 4.78 is 6.54. The molecule has 0 unspecified atom stereocenters. The van der Waals surface area contributed by atoms with Crippen LogP contribution < -0.4 is 10.1 Å². The van der Waals surface area contributed by atoms with Crippen LogP contribution in [0.25, 0.3) is 0 Å². The second kappa shape index (κ2) is 10.9. The molecule has 0 fully saturated rings. The largest absolute Gasteiger partial charge is 0.477 e. The summed E-state index contributed by atoms with van der Waals surface area (Å²) >= 11 is 3.42. The number of nitrogens with zero attached hydrogens (tertiary/aromatic N) is 2. The lowest BCUT2D eigenvalue weighted by Gasteiger charge is -2.09. The molecule has 1 heterocycles. The number of anilines is 1. The van der Waals surface area contributed by atoms with Gasteiger partial charge in [-0.15, -0.1) is 0 Å². The quantitative estimate of drug-likeness (QED) is 0.586. The standard InChI is InChI=1S/C15H26BrN3O/c1-3-5-6-7-8-9-11-20-14-13(16)12-18-15(19-14)17-10-4-2/h12H,3-11H2,1-2H3,(H,17,18,19). The van der Waals surface area contributed by atoms with E-state index in [0.717, 1.165) is 30.5 Å². The first-order chi connectivity index (χ1) is 9.77. The van der Waals surface area contributed by atoms with E-state index in [9.17, 15) is 0 Å². The molecule has 0 saturated heterocycles. The Balaban J connectivity index is 2.27. The summed E-state index contributed by atoms with van der Waals surface area (Å²) in [6.45, 7) is 5.94. The minimum Gasteiger partial charge on any atom is -0.477 e. The Kier molecular flexibility index (Phi) is 9.37. The maximum atomic E-state index is 5.73. The van der Waals surface area contributed by atoms with Crippen molar-refractivity contribution in [2.24, 2.45) is 0 Å². The molecule has 20 heavy (non-hydrogen) atoms. The van der Waals surface area contributed by atoms with Crippen molar-refractivity contribution in [3.63, 3.8) is 0 Å². The van der Waals surface area contributed by atoms with E-state index in [-0.39, 0.29) is 0 Å². The molecule has 5 heteroatoms. The molecule has 1 rings (SSSR count). The molecule has 1 aromatic rings. The molecular weight excluding hydrogens is 318 g/mol. The van der Waals surface area contributed by atoms with Crippen LogP contribution in [-0.2, 0) is 0 Å². The van der Waals surface area contributed by atoms with Crippen LogP contribution in [0, 0.1) is 0 Å². The molecule has 0 spiro atoms. The van der Waals surface area contributed by atoms with E-state index >= 15 is 0 Å². The van der Waals surface area contributed by atoms with Gasteiger partial charge in [-0.3, -0.25) is 0 Å². The Hall–Kier alpha value is -0.840. The summed E-state index contributed by atoms with van der Waals surface area (Å²) in [7, 11) is 0. The van der Waals surface area contributed by atoms with E-state index < -0.39 is 0 Å². The van der Waals surface area contributed by atoms with Crippen LogP contribution in [0.5, 0.6) is 5.88 Å². The summed E-state index contributed by atoms with van der Waals surface area (Å²) in [4.78, 5) is 8.57. The summed E-state index contributed by atoms with van der Waals surface area (Å²) in [5.41, 5.74) is 0. The van der Waals surface area contributed by atoms with E-state index in [1.807, 2.05) is 0 Å². The van der Waals surface area contributed by atoms with Gasteiger partial charge in [0, 0.05) is 6.54 Å². The van der Waals surface area contributed by atoms with Gasteiger partial charge in [-0.2, -0.15) is 4.98 Å². The van der Waals surface area contributed by atoms with Gasteiger partial charge < -0.3 is 10.1 Å². The Morgan fingerprint density at radius 2 is 1.85 bits per heavy atom. The van der Waals surface area contributed by atoms with Crippen molar-refractivity contribution in [1.82, 2.24) is 9.97 Å². The van der Waals surface area contributed by atoms with Crippen LogP contribution in [0.4, 0.5) is 5.95 Å². The van der Waals surface area contributed by atoms with E-state index in [4.69, 9.17) is 4.74 Å². The third kappa shape index (κ3) is 7.08. The monoisotopic (exact) mass is 343 g/mol. The van der Waals surface area contributed by atoms with Crippen LogP contribution in [0.1, 0.15) is 58.8 Å². The van der Waals surface area contributed by atoms with Gasteiger partial charge in [0.1, 0.15) is 0 Å². The lowest BCUT2D eigenvalue weighted by molar-refractivity contribution is 0.291. The van der Waals surface area contributed by atoms with E-state index in [2.05, 4.69) is 45.1 Å². The van der Waals surface area contributed by atoms with Gasteiger partial charge in [0.2, 0.25) is 11.8 Å². The molecule has 0 radical (unpaired) electrons. The predicted octanol–water partition coefficient (Wildman–Crippen LogP) is 4.80. The lowest BCUT2D eigenvalue weighted by Crippen LogP contribution is -2.06. The maximum absolute atomic E-state index is 5.73. The maximum Gasteiger partial charge on any atom is 0.232 e. The molecule has 0 bridgehead atoms. The molecular formula is C15H26BrN3O. The van der Waals surface area contributed by atoms with Crippen molar-refractivity contribution < 1.29 is 4.74 Å². The molecule has 1 aromatic heterocycles. The van der Waals surface area contributed by atoms with Crippen LogP contribution in [0.3, 0.4) is 0 Å². The first-order valence-electron chi connectivity index (χ1n) is 7.67. The first-order valence-corrected chi connectivity index (χ1v) is 8.46. The summed E-state index contributed by atoms with van der Waals surface area (Å²) in [6.07, 6.45) is 10.4. The summed E-state index contributed by atoms with van der Waals surface area (Å²) in [5.74, 6) is 1.26. The number of nitrogens with one attached hydrogen (secondary N) is 1. The van der Waals surface area contributed by atoms with E-state index in [0.29, 0.717) is 11.8 Å². The molecule has 0 atom stereocenters. The molecule has 0 aliphatic rings. The Bertz CT molecular complexity index is 374. The SMILES string of the molecule is CCCCCCCCOc1nc(NCCC)ncc1Br. The Morgan fingerprint density at radius 3 is 2.60 bits per heavy atom. The summed E-state index contributed by atoms with van der Waals surface area (Å²) in [6, 6.07) is 0. The number of hydrogen-bond acceptors (Lipinski definition) is 4. The molecule has 0 aromatic carbocycles. The number of ether oxygens (including phenoxy) is 1. The van der Waals surface area contributed by atoms with Gasteiger partial charge in [0.05, 0.1) is 17.3 Å². The zero-order valence-corrected chi connectivity index (χ0v) is 14.2. The highest BCUT2D eigenvalue weighted by Crippen LogP contribution is 2.22. The molecule has 114 valence electrons. The van der Waals surface area contributed by atoms with E-state index in [1.165, 1.54) is 32.1 Å². The lowest BCUT2D eigenvalue weighted by atomic mass is 10.1. The Morgan fingerprint density at radius 1 is 1.10 bits per heavy atom. The van der Waals surface area contributed by atoms with Crippen molar-refractivity contribution in [3.8, 4) is 5.88 Å².